The van der Waals surface area contributed by atoms with Crippen molar-refractivity contribution in [2.45, 2.75) is 57.2 Å². The normalized spacial score (nSPS) is 36.9. The van der Waals surface area contributed by atoms with Crippen molar-refractivity contribution in [3.8, 4) is 5.75 Å². The predicted octanol–water partition coefficient (Wildman–Crippen LogP) is 2.23. The van der Waals surface area contributed by atoms with E-state index in [0.29, 0.717) is 6.42 Å². The number of fused-ring (bicyclic) bond motifs is 5. The van der Waals surface area contributed by atoms with Crippen LogP contribution in [0.15, 0.2) is 18.2 Å². The number of hydrogen-bond acceptors (Lipinski definition) is 7. The van der Waals surface area contributed by atoms with E-state index in [9.17, 15) is 26.5 Å². The van der Waals surface area contributed by atoms with Crippen LogP contribution >= 0.6 is 0 Å². The second-order valence-electron chi connectivity index (χ2n) is 8.59. The van der Waals surface area contributed by atoms with Crippen molar-refractivity contribution in [1.82, 2.24) is 0 Å². The molecule has 6 atom stereocenters. The molecule has 162 valence electrons. The lowest BCUT2D eigenvalue weighted by molar-refractivity contribution is -0.0328. The van der Waals surface area contributed by atoms with Gasteiger partial charge in [0.1, 0.15) is 18.0 Å². The van der Waals surface area contributed by atoms with Gasteiger partial charge in [0.2, 0.25) is 0 Å². The lowest BCUT2D eigenvalue weighted by Gasteiger charge is -2.50. The highest BCUT2D eigenvalue weighted by Gasteiger charge is 2.61. The zero-order valence-electron chi connectivity index (χ0n) is 15.8. The summed E-state index contributed by atoms with van der Waals surface area (Å²) in [7, 11) is -9.68. The Morgan fingerprint density at radius 1 is 1.07 bits per heavy atom. The average molecular weight is 449 g/mol. The molecular weight excluding hydrogens is 424 g/mol. The van der Waals surface area contributed by atoms with E-state index < -0.39 is 38.4 Å². The Balaban J connectivity index is 1.70. The Labute approximate surface area is 169 Å². The molecule has 2 saturated carbocycles. The first kappa shape index (κ1) is 21.0. The second kappa shape index (κ2) is 6.89. The van der Waals surface area contributed by atoms with Gasteiger partial charge in [-0.2, -0.15) is 16.8 Å². The minimum absolute atomic E-state index is 0.123. The first-order valence-electron chi connectivity index (χ1n) is 9.50. The second-order valence-corrected chi connectivity index (χ2v) is 10.7. The molecule has 1 aromatic rings. The molecule has 3 unspecified atom stereocenters. The fourth-order valence-electron chi connectivity index (χ4n) is 6.06. The molecule has 29 heavy (non-hydrogen) atoms. The molecule has 3 N–H and O–H groups in total. The number of benzene rings is 1. The first-order chi connectivity index (χ1) is 13.4. The topological polar surface area (TPSA) is 147 Å². The highest BCUT2D eigenvalue weighted by Crippen LogP contribution is 2.62. The Bertz CT molecular complexity index is 1020. The summed E-state index contributed by atoms with van der Waals surface area (Å²) >= 11 is 0. The van der Waals surface area contributed by atoms with Gasteiger partial charge in [-0.05, 0) is 73.1 Å². The molecule has 2 fully saturated rings. The lowest BCUT2D eigenvalue weighted by Crippen LogP contribution is -2.47. The zero-order valence-corrected chi connectivity index (χ0v) is 17.4. The highest BCUT2D eigenvalue weighted by atomic mass is 32.3. The molecule has 11 heteroatoms. The summed E-state index contributed by atoms with van der Waals surface area (Å²) in [4.78, 5) is 0. The third-order valence-corrected chi connectivity index (χ3v) is 8.03. The van der Waals surface area contributed by atoms with E-state index in [1.54, 1.807) is 12.1 Å². The van der Waals surface area contributed by atoms with Crippen LogP contribution in [0.2, 0.25) is 0 Å². The number of aromatic hydroxyl groups is 1. The molecule has 0 aromatic heterocycles. The van der Waals surface area contributed by atoms with Crippen LogP contribution in [0.25, 0.3) is 0 Å². The third-order valence-electron chi connectivity index (χ3n) is 7.09. The molecule has 3 aliphatic carbocycles. The molecule has 0 aliphatic heterocycles. The van der Waals surface area contributed by atoms with Crippen molar-refractivity contribution in [2.24, 2.45) is 17.3 Å². The van der Waals surface area contributed by atoms with E-state index in [1.165, 1.54) is 0 Å². The molecule has 0 saturated heterocycles. The smallest absolute Gasteiger partial charge is 0.397 e. The maximum atomic E-state index is 11.4. The van der Waals surface area contributed by atoms with Gasteiger partial charge in [0, 0.05) is 5.41 Å². The van der Waals surface area contributed by atoms with Gasteiger partial charge >= 0.3 is 20.8 Å². The summed E-state index contributed by atoms with van der Waals surface area (Å²) in [6, 6.07) is 5.33. The molecule has 0 bridgehead atoms. The average Bonchev–Trinajstić information content (AvgIpc) is 2.83. The van der Waals surface area contributed by atoms with Crippen molar-refractivity contribution < 1.29 is 39.4 Å². The SMILES string of the molecule is C[C@]12CCC3c4ccc(O)cc4CCC3C1C[C@@H](OS(=O)(=O)O)[C@@H]2OS(=O)(=O)O. The van der Waals surface area contributed by atoms with E-state index in [0.717, 1.165) is 30.4 Å². The summed E-state index contributed by atoms with van der Waals surface area (Å²) in [5.41, 5.74) is 1.48. The van der Waals surface area contributed by atoms with E-state index in [-0.39, 0.29) is 29.9 Å². The fraction of sp³-hybridized carbons (Fsp3) is 0.667. The largest absolute Gasteiger partial charge is 0.508 e. The number of rotatable bonds is 4. The monoisotopic (exact) mass is 448 g/mol. The maximum absolute atomic E-state index is 11.4. The van der Waals surface area contributed by atoms with Crippen molar-refractivity contribution in [1.29, 1.82) is 0 Å². The van der Waals surface area contributed by atoms with Gasteiger partial charge in [-0.3, -0.25) is 9.11 Å². The Kier molecular flexibility index (Phi) is 4.99. The summed E-state index contributed by atoms with van der Waals surface area (Å²) < 4.78 is 73.6. The van der Waals surface area contributed by atoms with E-state index >= 15 is 0 Å². The summed E-state index contributed by atoms with van der Waals surface area (Å²) in [6.45, 7) is 1.82. The summed E-state index contributed by atoms with van der Waals surface area (Å²) in [5.74, 6) is 0.412. The minimum atomic E-state index is -4.85. The molecule has 0 amide bonds. The molecule has 0 radical (unpaired) electrons. The quantitative estimate of drug-likeness (QED) is 0.590. The number of aryl methyl sites for hydroxylation is 1. The fourth-order valence-corrected chi connectivity index (χ4v) is 7.16. The van der Waals surface area contributed by atoms with E-state index in [2.05, 4.69) is 0 Å². The molecule has 1 aromatic carbocycles. The number of phenolic OH excluding ortho intramolecular Hbond substituents is 1. The molecule has 0 spiro atoms. The van der Waals surface area contributed by atoms with Crippen LogP contribution in [-0.2, 0) is 35.6 Å². The van der Waals surface area contributed by atoms with Crippen LogP contribution in [0.3, 0.4) is 0 Å². The van der Waals surface area contributed by atoms with Gasteiger partial charge in [-0.15, -0.1) is 0 Å². The van der Waals surface area contributed by atoms with Crippen molar-refractivity contribution in [2.75, 3.05) is 0 Å². The molecular formula is C18H24O9S2. The highest BCUT2D eigenvalue weighted by molar-refractivity contribution is 7.81. The standard InChI is InChI=1S/C18H24O9S2/c1-18-7-6-13-12-5-3-11(19)8-10(12)2-4-14(13)15(18)9-16(26-28(20,21)22)17(18)27-29(23,24)25/h3,5,8,13-17,19H,2,4,6-7,9H2,1H3,(H,20,21,22)(H,23,24,25)/t13?,14?,15?,16-,17+,18+/m1/s1. The lowest BCUT2D eigenvalue weighted by atomic mass is 9.55. The van der Waals surface area contributed by atoms with E-state index in [4.69, 9.17) is 12.9 Å². The van der Waals surface area contributed by atoms with Gasteiger partial charge in [0.25, 0.3) is 0 Å². The molecule has 3 aliphatic rings. The minimum Gasteiger partial charge on any atom is -0.508 e. The summed E-state index contributed by atoms with van der Waals surface area (Å²) in [5, 5.41) is 9.77. The number of hydrogen-bond donors (Lipinski definition) is 3. The Morgan fingerprint density at radius 3 is 2.41 bits per heavy atom. The van der Waals surface area contributed by atoms with Gasteiger partial charge in [0.05, 0.1) is 0 Å². The van der Waals surface area contributed by atoms with Crippen molar-refractivity contribution in [3.05, 3.63) is 29.3 Å². The van der Waals surface area contributed by atoms with E-state index in [1.807, 2.05) is 13.0 Å². The van der Waals surface area contributed by atoms with Gasteiger partial charge in [-0.25, -0.2) is 8.37 Å². The van der Waals surface area contributed by atoms with Crippen LogP contribution in [0, 0.1) is 17.3 Å². The van der Waals surface area contributed by atoms with Gasteiger partial charge in [0.15, 0.2) is 0 Å². The van der Waals surface area contributed by atoms with Gasteiger partial charge < -0.3 is 5.11 Å². The van der Waals surface area contributed by atoms with Gasteiger partial charge in [-0.1, -0.05) is 13.0 Å². The van der Waals surface area contributed by atoms with Crippen molar-refractivity contribution >= 4 is 20.8 Å². The Hall–Kier alpha value is -1.24. The molecule has 9 nitrogen and oxygen atoms in total. The summed E-state index contributed by atoms with van der Waals surface area (Å²) in [6.07, 6.45) is 0.521. The third kappa shape index (κ3) is 3.91. The van der Waals surface area contributed by atoms with Crippen molar-refractivity contribution in [3.63, 3.8) is 0 Å². The van der Waals surface area contributed by atoms with Crippen LogP contribution in [0.1, 0.15) is 49.7 Å². The van der Waals surface area contributed by atoms with Crippen LogP contribution in [-0.4, -0.2) is 43.3 Å². The predicted molar refractivity (Wildman–Crippen MR) is 101 cm³/mol. The number of phenols is 1. The molecule has 4 rings (SSSR count). The zero-order chi connectivity index (χ0) is 21.2. The van der Waals surface area contributed by atoms with Crippen LogP contribution in [0.4, 0.5) is 0 Å². The maximum Gasteiger partial charge on any atom is 0.397 e. The molecule has 0 heterocycles. The van der Waals surface area contributed by atoms with Crippen LogP contribution < -0.4 is 0 Å². The first-order valence-corrected chi connectivity index (χ1v) is 12.2. The Morgan fingerprint density at radius 2 is 1.76 bits per heavy atom. The van der Waals surface area contributed by atoms with Crippen LogP contribution in [0.5, 0.6) is 5.75 Å².